The smallest absolute Gasteiger partial charge is 0.257 e. The van der Waals surface area contributed by atoms with E-state index in [1.807, 2.05) is 7.05 Å². The summed E-state index contributed by atoms with van der Waals surface area (Å²) in [6, 6.07) is 3.44. The lowest BCUT2D eigenvalue weighted by atomic mass is 10.1. The SMILES string of the molecule is CNCC1CCN(C(=O)c2cc(F)ccc2O)C1. The zero-order valence-corrected chi connectivity index (χ0v) is 10.3. The summed E-state index contributed by atoms with van der Waals surface area (Å²) < 4.78 is 13.1. The highest BCUT2D eigenvalue weighted by Crippen LogP contribution is 2.23. The van der Waals surface area contributed by atoms with Gasteiger partial charge in [0.25, 0.3) is 5.91 Å². The summed E-state index contributed by atoms with van der Waals surface area (Å²) in [7, 11) is 1.88. The lowest BCUT2D eigenvalue weighted by Gasteiger charge is -2.17. The van der Waals surface area contributed by atoms with Gasteiger partial charge >= 0.3 is 0 Å². The molecule has 1 amide bonds. The van der Waals surface area contributed by atoms with Crippen LogP contribution in [0, 0.1) is 11.7 Å². The number of halogens is 1. The minimum absolute atomic E-state index is 0.0418. The van der Waals surface area contributed by atoms with Gasteiger partial charge < -0.3 is 15.3 Å². The molecule has 0 spiro atoms. The number of carbonyl (C=O) groups excluding carboxylic acids is 1. The first-order valence-corrected chi connectivity index (χ1v) is 6.04. The normalized spacial score (nSPS) is 19.2. The largest absolute Gasteiger partial charge is 0.507 e. The van der Waals surface area contributed by atoms with Gasteiger partial charge in [-0.25, -0.2) is 4.39 Å². The van der Waals surface area contributed by atoms with Crippen molar-refractivity contribution < 1.29 is 14.3 Å². The number of rotatable bonds is 3. The van der Waals surface area contributed by atoms with Crippen LogP contribution in [0.5, 0.6) is 5.75 Å². The number of amides is 1. The van der Waals surface area contributed by atoms with Crippen LogP contribution in [0.2, 0.25) is 0 Å². The van der Waals surface area contributed by atoms with Crippen LogP contribution in [0.1, 0.15) is 16.8 Å². The van der Waals surface area contributed by atoms with E-state index in [-0.39, 0.29) is 17.2 Å². The van der Waals surface area contributed by atoms with Crippen LogP contribution >= 0.6 is 0 Å². The second kappa shape index (κ2) is 5.35. The first kappa shape index (κ1) is 12.8. The van der Waals surface area contributed by atoms with Crippen molar-refractivity contribution in [1.29, 1.82) is 0 Å². The van der Waals surface area contributed by atoms with E-state index in [1.54, 1.807) is 4.90 Å². The van der Waals surface area contributed by atoms with E-state index in [4.69, 9.17) is 0 Å². The Morgan fingerprint density at radius 3 is 3.11 bits per heavy atom. The number of hydrogen-bond acceptors (Lipinski definition) is 3. The van der Waals surface area contributed by atoms with Crippen LogP contribution in [-0.2, 0) is 0 Å². The second-order valence-corrected chi connectivity index (χ2v) is 4.63. The van der Waals surface area contributed by atoms with Crippen molar-refractivity contribution >= 4 is 5.91 Å². The van der Waals surface area contributed by atoms with Gasteiger partial charge in [0.2, 0.25) is 0 Å². The molecule has 1 atom stereocenters. The van der Waals surface area contributed by atoms with Crippen LogP contribution in [0.4, 0.5) is 4.39 Å². The van der Waals surface area contributed by atoms with Crippen molar-refractivity contribution in [1.82, 2.24) is 10.2 Å². The Hall–Kier alpha value is -1.62. The minimum atomic E-state index is -0.512. The third kappa shape index (κ3) is 2.61. The molecular formula is C13H17FN2O2. The molecule has 1 heterocycles. The van der Waals surface area contributed by atoms with Crippen molar-refractivity contribution in [2.75, 3.05) is 26.7 Å². The average Bonchev–Trinajstić information content (AvgIpc) is 2.80. The number of carbonyl (C=O) groups is 1. The number of hydrogen-bond donors (Lipinski definition) is 2. The molecule has 1 saturated heterocycles. The zero-order valence-electron chi connectivity index (χ0n) is 10.3. The Kier molecular flexibility index (Phi) is 3.81. The lowest BCUT2D eigenvalue weighted by molar-refractivity contribution is 0.0783. The molecule has 2 rings (SSSR count). The van der Waals surface area contributed by atoms with Gasteiger partial charge in [0.15, 0.2) is 0 Å². The van der Waals surface area contributed by atoms with Crippen molar-refractivity contribution in [2.45, 2.75) is 6.42 Å². The highest BCUT2D eigenvalue weighted by atomic mass is 19.1. The quantitative estimate of drug-likeness (QED) is 0.850. The van der Waals surface area contributed by atoms with Gasteiger partial charge in [0, 0.05) is 13.1 Å². The molecule has 1 aromatic rings. The van der Waals surface area contributed by atoms with E-state index < -0.39 is 5.82 Å². The molecule has 1 aliphatic rings. The third-order valence-corrected chi connectivity index (χ3v) is 3.25. The Bertz CT molecular complexity index is 451. The average molecular weight is 252 g/mol. The maximum atomic E-state index is 13.1. The highest BCUT2D eigenvalue weighted by molar-refractivity contribution is 5.97. The molecule has 5 heteroatoms. The van der Waals surface area contributed by atoms with Gasteiger partial charge in [-0.1, -0.05) is 0 Å². The number of likely N-dealkylation sites (tertiary alicyclic amines) is 1. The summed E-state index contributed by atoms with van der Waals surface area (Å²) in [6.07, 6.45) is 0.933. The number of nitrogens with zero attached hydrogens (tertiary/aromatic N) is 1. The van der Waals surface area contributed by atoms with Crippen LogP contribution in [-0.4, -0.2) is 42.6 Å². The topological polar surface area (TPSA) is 52.6 Å². The predicted molar refractivity (Wildman–Crippen MR) is 66.0 cm³/mol. The fourth-order valence-corrected chi connectivity index (χ4v) is 2.32. The summed E-state index contributed by atoms with van der Waals surface area (Å²) in [5.74, 6) is -0.555. The standard InChI is InChI=1S/C13H17FN2O2/c1-15-7-9-4-5-16(8-9)13(18)11-6-10(14)2-3-12(11)17/h2-3,6,9,15,17H,4-5,7-8H2,1H3. The van der Waals surface area contributed by atoms with Crippen molar-refractivity contribution in [2.24, 2.45) is 5.92 Å². The maximum absolute atomic E-state index is 13.1. The lowest BCUT2D eigenvalue weighted by Crippen LogP contribution is -2.30. The zero-order chi connectivity index (χ0) is 13.1. The fourth-order valence-electron chi connectivity index (χ4n) is 2.32. The molecular weight excluding hydrogens is 235 g/mol. The van der Waals surface area contributed by atoms with Crippen LogP contribution in [0.3, 0.4) is 0 Å². The molecule has 1 unspecified atom stereocenters. The monoisotopic (exact) mass is 252 g/mol. The van der Waals surface area contributed by atoms with Crippen LogP contribution < -0.4 is 5.32 Å². The molecule has 0 bridgehead atoms. The molecule has 2 N–H and O–H groups in total. The van der Waals surface area contributed by atoms with Gasteiger partial charge in [0.05, 0.1) is 5.56 Å². The van der Waals surface area contributed by atoms with Crippen LogP contribution in [0.15, 0.2) is 18.2 Å². The number of benzene rings is 1. The Balaban J connectivity index is 2.10. The minimum Gasteiger partial charge on any atom is -0.507 e. The molecule has 1 aliphatic heterocycles. The van der Waals surface area contributed by atoms with E-state index in [9.17, 15) is 14.3 Å². The van der Waals surface area contributed by atoms with Crippen molar-refractivity contribution in [3.05, 3.63) is 29.6 Å². The summed E-state index contributed by atoms with van der Waals surface area (Å²) in [5, 5.41) is 12.7. The Labute approximate surface area is 105 Å². The van der Waals surface area contributed by atoms with E-state index in [0.717, 1.165) is 25.1 Å². The van der Waals surface area contributed by atoms with Gasteiger partial charge in [-0.05, 0) is 44.1 Å². The predicted octanol–water partition coefficient (Wildman–Crippen LogP) is 1.21. The summed E-state index contributed by atoms with van der Waals surface area (Å²) >= 11 is 0. The van der Waals surface area contributed by atoms with Crippen molar-refractivity contribution in [3.63, 3.8) is 0 Å². The molecule has 1 fully saturated rings. The van der Waals surface area contributed by atoms with Gasteiger partial charge in [0.1, 0.15) is 11.6 Å². The molecule has 0 aromatic heterocycles. The van der Waals surface area contributed by atoms with E-state index in [1.165, 1.54) is 6.07 Å². The number of nitrogens with one attached hydrogen (secondary N) is 1. The number of aromatic hydroxyl groups is 1. The molecule has 1 aromatic carbocycles. The molecule has 0 radical (unpaired) electrons. The number of phenolic OH excluding ortho intramolecular Hbond substituents is 1. The Morgan fingerprint density at radius 2 is 2.39 bits per heavy atom. The van der Waals surface area contributed by atoms with E-state index in [0.29, 0.717) is 19.0 Å². The maximum Gasteiger partial charge on any atom is 0.257 e. The summed E-state index contributed by atoms with van der Waals surface area (Å²) in [6.45, 7) is 2.16. The first-order chi connectivity index (χ1) is 8.61. The molecule has 98 valence electrons. The van der Waals surface area contributed by atoms with E-state index in [2.05, 4.69) is 5.32 Å². The summed E-state index contributed by atoms with van der Waals surface area (Å²) in [4.78, 5) is 13.8. The first-order valence-electron chi connectivity index (χ1n) is 6.04. The van der Waals surface area contributed by atoms with E-state index >= 15 is 0 Å². The van der Waals surface area contributed by atoms with Gasteiger partial charge in [-0.3, -0.25) is 4.79 Å². The van der Waals surface area contributed by atoms with Gasteiger partial charge in [-0.2, -0.15) is 0 Å². The Morgan fingerprint density at radius 1 is 1.61 bits per heavy atom. The van der Waals surface area contributed by atoms with Crippen LogP contribution in [0.25, 0.3) is 0 Å². The molecule has 0 saturated carbocycles. The second-order valence-electron chi connectivity index (χ2n) is 4.63. The molecule has 18 heavy (non-hydrogen) atoms. The highest BCUT2D eigenvalue weighted by Gasteiger charge is 2.27. The van der Waals surface area contributed by atoms with Gasteiger partial charge in [-0.15, -0.1) is 0 Å². The fraction of sp³-hybridized carbons (Fsp3) is 0.462. The van der Waals surface area contributed by atoms with Crippen molar-refractivity contribution in [3.8, 4) is 5.75 Å². The number of phenols is 1. The summed E-state index contributed by atoms with van der Waals surface area (Å²) in [5.41, 5.74) is 0.0418. The molecule has 0 aliphatic carbocycles. The molecule has 4 nitrogen and oxygen atoms in total. The third-order valence-electron chi connectivity index (χ3n) is 3.25.